The molecule has 0 aliphatic heterocycles. The Morgan fingerprint density at radius 2 is 1.86 bits per heavy atom. The van der Waals surface area contributed by atoms with Gasteiger partial charge in [-0.15, -0.1) is 11.3 Å². The lowest BCUT2D eigenvalue weighted by molar-refractivity contribution is -0.201. The van der Waals surface area contributed by atoms with Crippen molar-refractivity contribution in [3.05, 3.63) is 46.7 Å². The Balaban J connectivity index is 1.80. The summed E-state index contributed by atoms with van der Waals surface area (Å²) in [6.07, 6.45) is 7.47. The molecule has 1 fully saturated rings. The van der Waals surface area contributed by atoms with Gasteiger partial charge in [0.25, 0.3) is 0 Å². The minimum atomic E-state index is -4.06. The van der Waals surface area contributed by atoms with Gasteiger partial charge in [-0.05, 0) is 48.5 Å². The summed E-state index contributed by atoms with van der Waals surface area (Å²) in [5.41, 5.74) is 0. The minimum Gasteiger partial charge on any atom is -0.171 e. The smallest absolute Gasteiger partial charge is 0.171 e. The van der Waals surface area contributed by atoms with Gasteiger partial charge >= 0.3 is 6.18 Å². The van der Waals surface area contributed by atoms with Crippen LogP contribution in [0, 0.1) is 23.7 Å². The highest BCUT2D eigenvalue weighted by atomic mass is 32.1. The third-order valence-electron chi connectivity index (χ3n) is 5.05. The Morgan fingerprint density at radius 3 is 2.59 bits per heavy atom. The molecule has 0 bridgehead atoms. The molecular weight excluding hydrogens is 305 g/mol. The second-order valence-electron chi connectivity index (χ2n) is 6.39. The highest BCUT2D eigenvalue weighted by Crippen LogP contribution is 2.48. The zero-order valence-electron chi connectivity index (χ0n) is 12.4. The van der Waals surface area contributed by atoms with E-state index < -0.39 is 12.1 Å². The summed E-state index contributed by atoms with van der Waals surface area (Å²) in [7, 11) is 0. The van der Waals surface area contributed by atoms with Crippen LogP contribution in [0.15, 0.2) is 41.8 Å². The lowest BCUT2D eigenvalue weighted by Gasteiger charge is -2.40. The van der Waals surface area contributed by atoms with Gasteiger partial charge in [-0.25, -0.2) is 0 Å². The first kappa shape index (κ1) is 15.9. The molecule has 0 N–H and O–H groups in total. The van der Waals surface area contributed by atoms with Crippen molar-refractivity contribution in [2.24, 2.45) is 23.7 Å². The summed E-state index contributed by atoms with van der Waals surface area (Å²) in [5, 5.41) is 2.03. The Kier molecular flexibility index (Phi) is 4.76. The van der Waals surface area contributed by atoms with Crippen molar-refractivity contribution in [1.29, 1.82) is 0 Å². The van der Waals surface area contributed by atoms with Crippen LogP contribution in [-0.2, 0) is 6.42 Å². The molecule has 0 nitrogen and oxygen atoms in total. The predicted molar refractivity (Wildman–Crippen MR) is 84.8 cm³/mol. The maximum Gasteiger partial charge on any atom is 0.392 e. The highest BCUT2D eigenvalue weighted by Gasteiger charge is 2.48. The van der Waals surface area contributed by atoms with Gasteiger partial charge in [-0.1, -0.05) is 43.2 Å². The van der Waals surface area contributed by atoms with Gasteiger partial charge in [0.1, 0.15) is 0 Å². The van der Waals surface area contributed by atoms with Gasteiger partial charge < -0.3 is 0 Å². The van der Waals surface area contributed by atoms with Crippen LogP contribution in [0.25, 0.3) is 0 Å². The van der Waals surface area contributed by atoms with E-state index in [0.29, 0.717) is 19.3 Å². The molecule has 120 valence electrons. The molecule has 4 unspecified atom stereocenters. The quantitative estimate of drug-likeness (QED) is 0.637. The number of allylic oxidation sites excluding steroid dienone is 4. The van der Waals surface area contributed by atoms with E-state index in [4.69, 9.17) is 0 Å². The van der Waals surface area contributed by atoms with Crippen molar-refractivity contribution >= 4 is 11.3 Å². The van der Waals surface area contributed by atoms with E-state index in [9.17, 15) is 13.2 Å². The van der Waals surface area contributed by atoms with E-state index in [-0.39, 0.29) is 17.8 Å². The zero-order chi connectivity index (χ0) is 15.6. The van der Waals surface area contributed by atoms with Crippen molar-refractivity contribution in [2.45, 2.75) is 38.3 Å². The molecule has 4 atom stereocenters. The monoisotopic (exact) mass is 326 g/mol. The molecule has 3 rings (SSSR count). The SMILES string of the molecule is FC(F)(F)C1CCCCC1C1C=CC=CC1Cc1cccs1. The van der Waals surface area contributed by atoms with Gasteiger partial charge in [0.2, 0.25) is 0 Å². The molecule has 2 aliphatic carbocycles. The van der Waals surface area contributed by atoms with Crippen molar-refractivity contribution in [2.75, 3.05) is 0 Å². The second-order valence-corrected chi connectivity index (χ2v) is 7.42. The average Bonchev–Trinajstić information content (AvgIpc) is 3.00. The fourth-order valence-corrected chi connectivity index (χ4v) is 4.80. The van der Waals surface area contributed by atoms with E-state index in [1.54, 1.807) is 11.3 Å². The largest absolute Gasteiger partial charge is 0.392 e. The number of rotatable bonds is 3. The number of hydrogen-bond donors (Lipinski definition) is 0. The first-order valence-electron chi connectivity index (χ1n) is 8.00. The van der Waals surface area contributed by atoms with Crippen LogP contribution in [0.4, 0.5) is 13.2 Å². The van der Waals surface area contributed by atoms with Crippen LogP contribution in [0.1, 0.15) is 30.6 Å². The van der Waals surface area contributed by atoms with E-state index in [1.807, 2.05) is 29.7 Å². The topological polar surface area (TPSA) is 0 Å². The molecule has 2 aliphatic rings. The Labute approximate surface area is 133 Å². The molecule has 0 spiro atoms. The molecule has 1 aromatic heterocycles. The molecule has 0 radical (unpaired) electrons. The van der Waals surface area contributed by atoms with E-state index in [2.05, 4.69) is 12.1 Å². The summed E-state index contributed by atoms with van der Waals surface area (Å²) in [6, 6.07) is 4.09. The molecule has 22 heavy (non-hydrogen) atoms. The summed E-state index contributed by atoms with van der Waals surface area (Å²) >= 11 is 1.69. The number of halogens is 3. The Hall–Kier alpha value is -1.03. The first-order chi connectivity index (χ1) is 10.6. The Morgan fingerprint density at radius 1 is 1.09 bits per heavy atom. The second kappa shape index (κ2) is 6.61. The van der Waals surface area contributed by atoms with Crippen molar-refractivity contribution < 1.29 is 13.2 Å². The molecular formula is C18H21F3S. The van der Waals surface area contributed by atoms with Crippen LogP contribution in [0.5, 0.6) is 0 Å². The maximum absolute atomic E-state index is 13.4. The van der Waals surface area contributed by atoms with E-state index in [0.717, 1.165) is 12.8 Å². The predicted octanol–water partition coefficient (Wildman–Crippen LogP) is 6.02. The lowest BCUT2D eigenvalue weighted by Crippen LogP contribution is -2.39. The average molecular weight is 326 g/mol. The number of hydrogen-bond acceptors (Lipinski definition) is 1. The summed E-state index contributed by atoms with van der Waals surface area (Å²) < 4.78 is 40.2. The van der Waals surface area contributed by atoms with Gasteiger partial charge in [-0.2, -0.15) is 13.2 Å². The van der Waals surface area contributed by atoms with Crippen LogP contribution < -0.4 is 0 Å². The summed E-state index contributed by atoms with van der Waals surface area (Å²) in [5.74, 6) is -1.19. The minimum absolute atomic E-state index is 0.0130. The van der Waals surface area contributed by atoms with Gasteiger partial charge in [0, 0.05) is 4.88 Å². The van der Waals surface area contributed by atoms with Crippen LogP contribution in [0.2, 0.25) is 0 Å². The maximum atomic E-state index is 13.4. The third-order valence-corrected chi connectivity index (χ3v) is 5.95. The molecule has 4 heteroatoms. The molecule has 0 amide bonds. The standard InChI is InChI=1S/C18H21F3S/c19-18(20,21)17-10-4-3-9-16(17)15-8-2-1-6-13(15)12-14-7-5-11-22-14/h1-2,5-8,11,13,15-17H,3-4,9-10,12H2. The third kappa shape index (κ3) is 3.48. The van der Waals surface area contributed by atoms with E-state index in [1.165, 1.54) is 4.88 Å². The summed E-state index contributed by atoms with van der Waals surface area (Å²) in [6.45, 7) is 0. The number of thiophene rings is 1. The molecule has 1 aromatic rings. The van der Waals surface area contributed by atoms with E-state index >= 15 is 0 Å². The highest BCUT2D eigenvalue weighted by molar-refractivity contribution is 7.09. The van der Waals surface area contributed by atoms with Gasteiger partial charge in [0.05, 0.1) is 5.92 Å². The molecule has 1 heterocycles. The number of alkyl halides is 3. The molecule has 1 saturated carbocycles. The van der Waals surface area contributed by atoms with Crippen LogP contribution in [0.3, 0.4) is 0 Å². The van der Waals surface area contributed by atoms with Crippen LogP contribution in [-0.4, -0.2) is 6.18 Å². The van der Waals surface area contributed by atoms with Crippen LogP contribution >= 0.6 is 11.3 Å². The van der Waals surface area contributed by atoms with Gasteiger partial charge in [-0.3, -0.25) is 0 Å². The lowest BCUT2D eigenvalue weighted by atomic mass is 9.66. The van der Waals surface area contributed by atoms with Gasteiger partial charge in [0.15, 0.2) is 0 Å². The molecule has 0 aromatic carbocycles. The fourth-order valence-electron chi connectivity index (χ4n) is 4.02. The summed E-state index contributed by atoms with van der Waals surface area (Å²) in [4.78, 5) is 1.26. The Bertz CT molecular complexity index is 527. The fraction of sp³-hybridized carbons (Fsp3) is 0.556. The van der Waals surface area contributed by atoms with Crippen molar-refractivity contribution in [3.63, 3.8) is 0 Å². The molecule has 0 saturated heterocycles. The normalized spacial score (nSPS) is 32.3. The zero-order valence-corrected chi connectivity index (χ0v) is 13.2. The van der Waals surface area contributed by atoms with Crippen molar-refractivity contribution in [3.8, 4) is 0 Å². The first-order valence-corrected chi connectivity index (χ1v) is 8.88. The van der Waals surface area contributed by atoms with Crippen molar-refractivity contribution in [1.82, 2.24) is 0 Å².